The van der Waals surface area contributed by atoms with Crippen molar-refractivity contribution >= 4 is 17.6 Å². The van der Waals surface area contributed by atoms with Gasteiger partial charge in [-0.2, -0.15) is 0 Å². The number of hydrogen-bond acceptors (Lipinski definition) is 4. The van der Waals surface area contributed by atoms with Gasteiger partial charge in [-0.15, -0.1) is 0 Å². The molecule has 0 aliphatic rings. The summed E-state index contributed by atoms with van der Waals surface area (Å²) in [5.41, 5.74) is 3.19. The van der Waals surface area contributed by atoms with Gasteiger partial charge in [0.1, 0.15) is 5.75 Å². The van der Waals surface area contributed by atoms with Crippen LogP contribution in [0.3, 0.4) is 0 Å². The highest BCUT2D eigenvalue weighted by Gasteiger charge is 2.18. The van der Waals surface area contributed by atoms with E-state index in [0.29, 0.717) is 17.9 Å². The standard InChI is InChI=1S/C25H25NO4/c1-3-30-25(28)20-9-13-21(14-10-20)26-24(27)17-23(18-7-5-4-6-8-18)19-11-15-22(29-2)16-12-19/h4-16,23H,3,17H2,1-2H3,(H,26,27)/t23-/m1/s1. The van der Waals surface area contributed by atoms with E-state index in [0.717, 1.165) is 16.9 Å². The Hall–Kier alpha value is -3.60. The molecule has 0 radical (unpaired) electrons. The number of hydrogen-bond donors (Lipinski definition) is 1. The molecule has 0 fully saturated rings. The first kappa shape index (κ1) is 21.1. The predicted molar refractivity (Wildman–Crippen MR) is 117 cm³/mol. The van der Waals surface area contributed by atoms with Crippen molar-refractivity contribution in [2.75, 3.05) is 19.0 Å². The smallest absolute Gasteiger partial charge is 0.338 e. The second kappa shape index (κ2) is 10.3. The van der Waals surface area contributed by atoms with E-state index in [2.05, 4.69) is 5.32 Å². The van der Waals surface area contributed by atoms with E-state index in [1.807, 2.05) is 54.6 Å². The van der Waals surface area contributed by atoms with Gasteiger partial charge in [-0.1, -0.05) is 42.5 Å². The van der Waals surface area contributed by atoms with Gasteiger partial charge in [0.2, 0.25) is 5.91 Å². The third-order valence-corrected chi connectivity index (χ3v) is 4.79. The first-order valence-corrected chi connectivity index (χ1v) is 9.86. The summed E-state index contributed by atoms with van der Waals surface area (Å²) in [5.74, 6) is 0.204. The van der Waals surface area contributed by atoms with Crippen LogP contribution in [0.1, 0.15) is 40.7 Å². The lowest BCUT2D eigenvalue weighted by Crippen LogP contribution is -2.16. The molecule has 0 unspecified atom stereocenters. The molecule has 1 N–H and O–H groups in total. The number of rotatable bonds is 8. The van der Waals surface area contributed by atoms with Gasteiger partial charge in [-0.3, -0.25) is 4.79 Å². The Labute approximate surface area is 176 Å². The maximum atomic E-state index is 12.8. The van der Waals surface area contributed by atoms with E-state index in [-0.39, 0.29) is 24.2 Å². The molecule has 0 saturated carbocycles. The molecule has 154 valence electrons. The fourth-order valence-electron chi connectivity index (χ4n) is 3.25. The number of anilines is 1. The van der Waals surface area contributed by atoms with Crippen molar-refractivity contribution in [2.45, 2.75) is 19.3 Å². The molecule has 3 rings (SSSR count). The first-order chi connectivity index (χ1) is 14.6. The lowest BCUT2D eigenvalue weighted by Gasteiger charge is -2.18. The Kier molecular flexibility index (Phi) is 7.22. The summed E-state index contributed by atoms with van der Waals surface area (Å²) in [7, 11) is 1.63. The molecule has 1 amide bonds. The molecule has 0 aliphatic heterocycles. The fourth-order valence-corrected chi connectivity index (χ4v) is 3.25. The monoisotopic (exact) mass is 403 g/mol. The third-order valence-electron chi connectivity index (χ3n) is 4.79. The van der Waals surface area contributed by atoms with Crippen molar-refractivity contribution in [1.29, 1.82) is 0 Å². The predicted octanol–water partition coefficient (Wildman–Crippen LogP) is 5.03. The van der Waals surface area contributed by atoms with Gasteiger partial charge in [0, 0.05) is 18.0 Å². The van der Waals surface area contributed by atoms with Gasteiger partial charge >= 0.3 is 5.97 Å². The summed E-state index contributed by atoms with van der Waals surface area (Å²) in [4.78, 5) is 24.6. The van der Waals surface area contributed by atoms with Gasteiger partial charge < -0.3 is 14.8 Å². The second-order valence-electron chi connectivity index (χ2n) is 6.79. The van der Waals surface area contributed by atoms with Crippen LogP contribution in [0.25, 0.3) is 0 Å². The molecule has 30 heavy (non-hydrogen) atoms. The number of methoxy groups -OCH3 is 1. The summed E-state index contributed by atoms with van der Waals surface area (Å²) in [5, 5.41) is 2.92. The van der Waals surface area contributed by atoms with Crippen LogP contribution in [0.5, 0.6) is 5.75 Å². The second-order valence-corrected chi connectivity index (χ2v) is 6.79. The third kappa shape index (κ3) is 5.47. The molecule has 1 atom stereocenters. The number of esters is 1. The van der Waals surface area contributed by atoms with Gasteiger partial charge in [0.15, 0.2) is 0 Å². The first-order valence-electron chi connectivity index (χ1n) is 9.86. The molecule has 5 heteroatoms. The van der Waals surface area contributed by atoms with Crippen LogP contribution in [0, 0.1) is 0 Å². The number of nitrogens with one attached hydrogen (secondary N) is 1. The summed E-state index contributed by atoms with van der Waals surface area (Å²) in [6.45, 7) is 2.09. The van der Waals surface area contributed by atoms with E-state index in [9.17, 15) is 9.59 Å². The molecule has 0 spiro atoms. The SMILES string of the molecule is CCOC(=O)c1ccc(NC(=O)C[C@H](c2ccccc2)c2ccc(OC)cc2)cc1. The van der Waals surface area contributed by atoms with Crippen LogP contribution in [-0.4, -0.2) is 25.6 Å². The molecular weight excluding hydrogens is 378 g/mol. The van der Waals surface area contributed by atoms with Crippen molar-refractivity contribution < 1.29 is 19.1 Å². The summed E-state index contributed by atoms with van der Waals surface area (Å²) >= 11 is 0. The van der Waals surface area contributed by atoms with Crippen LogP contribution in [0.4, 0.5) is 5.69 Å². The molecule has 0 aliphatic carbocycles. The Morgan fingerprint density at radius 2 is 1.50 bits per heavy atom. The maximum absolute atomic E-state index is 12.8. The van der Waals surface area contributed by atoms with E-state index >= 15 is 0 Å². The van der Waals surface area contributed by atoms with Crippen molar-refractivity contribution in [3.8, 4) is 5.75 Å². The van der Waals surface area contributed by atoms with Crippen LogP contribution >= 0.6 is 0 Å². The minimum absolute atomic E-state index is 0.0871. The number of carbonyl (C=O) groups excluding carboxylic acids is 2. The molecule has 3 aromatic rings. The Balaban J connectivity index is 1.74. The zero-order valence-electron chi connectivity index (χ0n) is 17.1. The van der Waals surface area contributed by atoms with E-state index in [1.54, 1.807) is 38.3 Å². The molecule has 0 heterocycles. The highest BCUT2D eigenvalue weighted by Crippen LogP contribution is 2.29. The molecule has 0 saturated heterocycles. The maximum Gasteiger partial charge on any atom is 0.338 e. The van der Waals surface area contributed by atoms with Crippen LogP contribution < -0.4 is 10.1 Å². The fraction of sp³-hybridized carbons (Fsp3) is 0.200. The number of carbonyl (C=O) groups is 2. The van der Waals surface area contributed by atoms with Crippen LogP contribution in [-0.2, 0) is 9.53 Å². The van der Waals surface area contributed by atoms with Gasteiger partial charge in [0.25, 0.3) is 0 Å². The van der Waals surface area contributed by atoms with Crippen molar-refractivity contribution in [3.05, 3.63) is 95.6 Å². The number of amides is 1. The quantitative estimate of drug-likeness (QED) is 0.536. The average Bonchev–Trinajstić information content (AvgIpc) is 2.79. The minimum Gasteiger partial charge on any atom is -0.497 e. The lowest BCUT2D eigenvalue weighted by atomic mass is 9.88. The zero-order valence-corrected chi connectivity index (χ0v) is 17.1. The van der Waals surface area contributed by atoms with Gasteiger partial charge in [0.05, 0.1) is 19.3 Å². The summed E-state index contributed by atoms with van der Waals surface area (Å²) < 4.78 is 10.2. The Morgan fingerprint density at radius 3 is 2.10 bits per heavy atom. The Bertz CT molecular complexity index is 966. The summed E-state index contributed by atoms with van der Waals surface area (Å²) in [6, 6.07) is 24.4. The number of ether oxygens (including phenoxy) is 2. The van der Waals surface area contributed by atoms with Crippen LogP contribution in [0.2, 0.25) is 0 Å². The largest absolute Gasteiger partial charge is 0.497 e. The normalized spacial score (nSPS) is 11.4. The molecule has 0 bridgehead atoms. The molecule has 5 nitrogen and oxygen atoms in total. The van der Waals surface area contributed by atoms with E-state index in [1.165, 1.54) is 0 Å². The summed E-state index contributed by atoms with van der Waals surface area (Å²) in [6.07, 6.45) is 0.288. The van der Waals surface area contributed by atoms with Crippen molar-refractivity contribution in [1.82, 2.24) is 0 Å². The highest BCUT2D eigenvalue weighted by molar-refractivity contribution is 5.93. The zero-order chi connectivity index (χ0) is 21.3. The molecule has 3 aromatic carbocycles. The molecule has 0 aromatic heterocycles. The minimum atomic E-state index is -0.376. The van der Waals surface area contributed by atoms with Crippen molar-refractivity contribution in [3.63, 3.8) is 0 Å². The van der Waals surface area contributed by atoms with E-state index < -0.39 is 0 Å². The Morgan fingerprint density at radius 1 is 0.867 bits per heavy atom. The van der Waals surface area contributed by atoms with E-state index in [4.69, 9.17) is 9.47 Å². The highest BCUT2D eigenvalue weighted by atomic mass is 16.5. The van der Waals surface area contributed by atoms with Gasteiger partial charge in [-0.05, 0) is 54.4 Å². The topological polar surface area (TPSA) is 64.6 Å². The average molecular weight is 403 g/mol. The molecular formula is C25H25NO4. The van der Waals surface area contributed by atoms with Gasteiger partial charge in [-0.25, -0.2) is 4.79 Å². The lowest BCUT2D eigenvalue weighted by molar-refractivity contribution is -0.116. The van der Waals surface area contributed by atoms with Crippen LogP contribution in [0.15, 0.2) is 78.9 Å². The van der Waals surface area contributed by atoms with Crippen molar-refractivity contribution in [2.24, 2.45) is 0 Å². The number of benzene rings is 3.